The zero-order valence-corrected chi connectivity index (χ0v) is 10.8. The maximum atomic E-state index is 12.3. The van der Waals surface area contributed by atoms with Crippen LogP contribution in [0, 0.1) is 5.92 Å². The van der Waals surface area contributed by atoms with Crippen LogP contribution >= 0.6 is 0 Å². The molecule has 0 spiro atoms. The minimum absolute atomic E-state index is 0.254. The molecule has 1 N–H and O–H groups in total. The van der Waals surface area contributed by atoms with Gasteiger partial charge in [-0.3, -0.25) is 4.79 Å². The quantitative estimate of drug-likeness (QED) is 0.800. The molecule has 1 aliphatic heterocycles. The summed E-state index contributed by atoms with van der Waals surface area (Å²) in [6.45, 7) is 6.48. The van der Waals surface area contributed by atoms with E-state index in [1.165, 1.54) is 0 Å². The van der Waals surface area contributed by atoms with Gasteiger partial charge in [0, 0.05) is 38.7 Å². The first-order valence-corrected chi connectivity index (χ1v) is 6.92. The monoisotopic (exact) mass is 240 g/mol. The summed E-state index contributed by atoms with van der Waals surface area (Å²) in [5.41, 5.74) is 0. The van der Waals surface area contributed by atoms with Gasteiger partial charge in [-0.1, -0.05) is 0 Å². The van der Waals surface area contributed by atoms with Crippen molar-refractivity contribution in [2.75, 3.05) is 32.8 Å². The van der Waals surface area contributed by atoms with Gasteiger partial charge >= 0.3 is 0 Å². The molecule has 1 saturated heterocycles. The average Bonchev–Trinajstić information content (AvgIpc) is 2.40. The van der Waals surface area contributed by atoms with Crippen LogP contribution in [-0.4, -0.2) is 49.7 Å². The molecule has 2 rings (SSSR count). The van der Waals surface area contributed by atoms with Crippen molar-refractivity contribution in [2.24, 2.45) is 5.92 Å². The Morgan fingerprint density at radius 2 is 1.88 bits per heavy atom. The number of carbonyl (C=O) groups excluding carboxylic acids is 1. The Hall–Kier alpha value is -0.610. The number of carbonyl (C=O) groups is 1. The number of hydrogen-bond acceptors (Lipinski definition) is 3. The highest BCUT2D eigenvalue weighted by molar-refractivity contribution is 5.79. The third kappa shape index (κ3) is 3.42. The van der Waals surface area contributed by atoms with Crippen LogP contribution in [0.5, 0.6) is 0 Å². The lowest BCUT2D eigenvalue weighted by atomic mass is 9.86. The van der Waals surface area contributed by atoms with Crippen LogP contribution in [-0.2, 0) is 9.53 Å². The summed E-state index contributed by atoms with van der Waals surface area (Å²) in [6.07, 6.45) is 4.51. The Labute approximate surface area is 104 Å². The van der Waals surface area contributed by atoms with Gasteiger partial charge < -0.3 is 15.0 Å². The summed E-state index contributed by atoms with van der Waals surface area (Å²) in [6, 6.07) is 0. The van der Waals surface area contributed by atoms with Crippen molar-refractivity contribution >= 4 is 5.91 Å². The molecule has 0 radical (unpaired) electrons. The van der Waals surface area contributed by atoms with Gasteiger partial charge in [-0.15, -0.1) is 0 Å². The molecule has 0 atom stereocenters. The molecular weight excluding hydrogens is 216 g/mol. The maximum Gasteiger partial charge on any atom is 0.225 e. The predicted octanol–water partition coefficient (Wildman–Crippen LogP) is 1.01. The molecule has 1 aliphatic carbocycles. The zero-order valence-electron chi connectivity index (χ0n) is 10.8. The second-order valence-corrected chi connectivity index (χ2v) is 5.00. The maximum absolute atomic E-state index is 12.3. The van der Waals surface area contributed by atoms with Crippen molar-refractivity contribution < 1.29 is 9.53 Å². The van der Waals surface area contributed by atoms with Gasteiger partial charge in [-0.2, -0.15) is 0 Å². The fourth-order valence-corrected chi connectivity index (χ4v) is 2.86. The van der Waals surface area contributed by atoms with E-state index < -0.39 is 0 Å². The summed E-state index contributed by atoms with van der Waals surface area (Å²) in [5.74, 6) is 0.631. The summed E-state index contributed by atoms with van der Waals surface area (Å²) >= 11 is 0. The predicted molar refractivity (Wildman–Crippen MR) is 66.8 cm³/mol. The van der Waals surface area contributed by atoms with E-state index in [1.807, 2.05) is 11.8 Å². The summed E-state index contributed by atoms with van der Waals surface area (Å²) in [7, 11) is 0. The van der Waals surface area contributed by atoms with Crippen molar-refractivity contribution in [3.63, 3.8) is 0 Å². The molecule has 0 unspecified atom stereocenters. The van der Waals surface area contributed by atoms with Crippen molar-refractivity contribution in [3.05, 3.63) is 0 Å². The lowest BCUT2D eigenvalue weighted by Crippen LogP contribution is -2.49. The van der Waals surface area contributed by atoms with Crippen molar-refractivity contribution in [1.29, 1.82) is 0 Å². The number of ether oxygens (including phenoxy) is 1. The molecule has 4 heteroatoms. The first-order valence-electron chi connectivity index (χ1n) is 6.92. The van der Waals surface area contributed by atoms with Gasteiger partial charge in [0.2, 0.25) is 5.91 Å². The van der Waals surface area contributed by atoms with Crippen LogP contribution in [0.15, 0.2) is 0 Å². The molecule has 0 bridgehead atoms. The second-order valence-electron chi connectivity index (χ2n) is 5.00. The lowest BCUT2D eigenvalue weighted by molar-refractivity contribution is -0.138. The highest BCUT2D eigenvalue weighted by Crippen LogP contribution is 2.27. The van der Waals surface area contributed by atoms with E-state index in [9.17, 15) is 4.79 Å². The van der Waals surface area contributed by atoms with Crippen LogP contribution in [0.4, 0.5) is 0 Å². The molecular formula is C13H24N2O2. The smallest absolute Gasteiger partial charge is 0.225 e. The van der Waals surface area contributed by atoms with Gasteiger partial charge in [0.15, 0.2) is 0 Å². The zero-order chi connectivity index (χ0) is 12.1. The largest absolute Gasteiger partial charge is 0.379 e. The Morgan fingerprint density at radius 1 is 1.24 bits per heavy atom. The molecule has 1 heterocycles. The topological polar surface area (TPSA) is 41.6 Å². The Kier molecular flexibility index (Phi) is 4.80. The molecule has 0 aromatic carbocycles. The van der Waals surface area contributed by atoms with E-state index in [4.69, 9.17) is 4.74 Å². The molecule has 1 amide bonds. The van der Waals surface area contributed by atoms with Gasteiger partial charge in [0.25, 0.3) is 0 Å². The van der Waals surface area contributed by atoms with Crippen LogP contribution in [0.2, 0.25) is 0 Å². The van der Waals surface area contributed by atoms with E-state index in [-0.39, 0.29) is 5.92 Å². The molecule has 0 aromatic rings. The molecule has 2 fully saturated rings. The van der Waals surface area contributed by atoms with E-state index in [0.29, 0.717) is 12.0 Å². The van der Waals surface area contributed by atoms with E-state index in [1.54, 1.807) is 0 Å². The number of piperazine rings is 1. The molecule has 0 aromatic heterocycles. The highest BCUT2D eigenvalue weighted by atomic mass is 16.5. The third-order valence-electron chi connectivity index (χ3n) is 3.85. The SMILES string of the molecule is CCO[C@H]1CC[C@H](C(=O)N2CCNCC2)CC1. The second kappa shape index (κ2) is 6.36. The molecule has 4 nitrogen and oxygen atoms in total. The fraction of sp³-hybridized carbons (Fsp3) is 0.923. The number of amides is 1. The number of nitrogens with one attached hydrogen (secondary N) is 1. The van der Waals surface area contributed by atoms with E-state index in [2.05, 4.69) is 5.32 Å². The van der Waals surface area contributed by atoms with Crippen molar-refractivity contribution in [2.45, 2.75) is 38.7 Å². The van der Waals surface area contributed by atoms with Gasteiger partial charge in [-0.25, -0.2) is 0 Å². The van der Waals surface area contributed by atoms with Crippen LogP contribution in [0.3, 0.4) is 0 Å². The van der Waals surface area contributed by atoms with E-state index >= 15 is 0 Å². The normalized spacial score (nSPS) is 30.3. The minimum Gasteiger partial charge on any atom is -0.379 e. The first kappa shape index (κ1) is 12.8. The standard InChI is InChI=1S/C13H24N2O2/c1-2-17-12-5-3-11(4-6-12)13(16)15-9-7-14-8-10-15/h11-12,14H,2-10H2,1H3/t11-,12-. The Bertz CT molecular complexity index is 244. The first-order chi connectivity index (χ1) is 8.31. The van der Waals surface area contributed by atoms with Crippen molar-refractivity contribution in [3.8, 4) is 0 Å². The molecule has 2 aliphatic rings. The van der Waals surface area contributed by atoms with Crippen LogP contribution in [0.1, 0.15) is 32.6 Å². The summed E-state index contributed by atoms with van der Waals surface area (Å²) < 4.78 is 5.62. The molecule has 17 heavy (non-hydrogen) atoms. The number of rotatable bonds is 3. The molecule has 98 valence electrons. The minimum atomic E-state index is 0.254. The fourth-order valence-electron chi connectivity index (χ4n) is 2.86. The lowest BCUT2D eigenvalue weighted by Gasteiger charge is -2.34. The summed E-state index contributed by atoms with van der Waals surface area (Å²) in [5, 5.41) is 3.28. The third-order valence-corrected chi connectivity index (χ3v) is 3.85. The van der Waals surface area contributed by atoms with E-state index in [0.717, 1.165) is 58.5 Å². The summed E-state index contributed by atoms with van der Waals surface area (Å²) in [4.78, 5) is 14.3. The number of nitrogens with zero attached hydrogens (tertiary/aromatic N) is 1. The van der Waals surface area contributed by atoms with Crippen LogP contribution < -0.4 is 5.32 Å². The number of hydrogen-bond donors (Lipinski definition) is 1. The Morgan fingerprint density at radius 3 is 2.47 bits per heavy atom. The molecule has 1 saturated carbocycles. The van der Waals surface area contributed by atoms with Crippen LogP contribution in [0.25, 0.3) is 0 Å². The average molecular weight is 240 g/mol. The van der Waals surface area contributed by atoms with Gasteiger partial charge in [-0.05, 0) is 32.6 Å². The van der Waals surface area contributed by atoms with Crippen molar-refractivity contribution in [1.82, 2.24) is 10.2 Å². The van der Waals surface area contributed by atoms with Gasteiger partial charge in [0.1, 0.15) is 0 Å². The Balaban J connectivity index is 1.77. The van der Waals surface area contributed by atoms with Gasteiger partial charge in [0.05, 0.1) is 6.10 Å². The highest BCUT2D eigenvalue weighted by Gasteiger charge is 2.29.